The molecule has 0 saturated carbocycles. The zero-order chi connectivity index (χ0) is 19.4. The van der Waals surface area contributed by atoms with E-state index in [9.17, 15) is 14.7 Å². The highest BCUT2D eigenvalue weighted by atomic mass is 35.5. The van der Waals surface area contributed by atoms with Crippen LogP contribution >= 0.6 is 11.6 Å². The number of aromatic hydroxyl groups is 1. The summed E-state index contributed by atoms with van der Waals surface area (Å²) < 4.78 is 10.1. The van der Waals surface area contributed by atoms with Gasteiger partial charge in [-0.3, -0.25) is 9.78 Å². The van der Waals surface area contributed by atoms with E-state index >= 15 is 0 Å². The highest BCUT2D eigenvalue weighted by Gasteiger charge is 2.16. The van der Waals surface area contributed by atoms with Gasteiger partial charge in [-0.05, 0) is 36.4 Å². The van der Waals surface area contributed by atoms with Gasteiger partial charge in [-0.15, -0.1) is 0 Å². The van der Waals surface area contributed by atoms with E-state index in [0.29, 0.717) is 21.7 Å². The van der Waals surface area contributed by atoms with Crippen LogP contribution in [0.3, 0.4) is 0 Å². The number of carbonyl (C=O) groups is 2. The van der Waals surface area contributed by atoms with Crippen LogP contribution < -0.4 is 10.1 Å². The SMILES string of the molecule is COC(=O)c1cccc(NC(=O)COc2ccc(Cl)c3cccnc23)c1O. The van der Waals surface area contributed by atoms with E-state index in [-0.39, 0.29) is 23.6 Å². The Labute approximate surface area is 159 Å². The fourth-order valence-corrected chi connectivity index (χ4v) is 2.69. The van der Waals surface area contributed by atoms with Crippen molar-refractivity contribution < 1.29 is 24.2 Å². The number of benzene rings is 2. The largest absolute Gasteiger partial charge is 0.505 e. The molecule has 2 N–H and O–H groups in total. The van der Waals surface area contributed by atoms with Crippen molar-refractivity contribution in [3.05, 3.63) is 59.2 Å². The van der Waals surface area contributed by atoms with E-state index in [0.717, 1.165) is 0 Å². The van der Waals surface area contributed by atoms with Crippen LogP contribution in [0.4, 0.5) is 5.69 Å². The fraction of sp³-hybridized carbons (Fsp3) is 0.105. The van der Waals surface area contributed by atoms with E-state index in [2.05, 4.69) is 15.0 Å². The molecule has 1 heterocycles. The molecule has 1 aromatic heterocycles. The zero-order valence-electron chi connectivity index (χ0n) is 14.2. The third-order valence-electron chi connectivity index (χ3n) is 3.75. The molecule has 27 heavy (non-hydrogen) atoms. The lowest BCUT2D eigenvalue weighted by Gasteiger charge is -2.12. The number of para-hydroxylation sites is 1. The van der Waals surface area contributed by atoms with Gasteiger partial charge in [-0.2, -0.15) is 0 Å². The average molecular weight is 387 g/mol. The van der Waals surface area contributed by atoms with Crippen LogP contribution in [0.1, 0.15) is 10.4 Å². The zero-order valence-corrected chi connectivity index (χ0v) is 15.0. The number of amides is 1. The maximum atomic E-state index is 12.2. The van der Waals surface area contributed by atoms with Crippen LogP contribution in [0.25, 0.3) is 10.9 Å². The molecule has 1 amide bonds. The number of methoxy groups -OCH3 is 1. The van der Waals surface area contributed by atoms with E-state index < -0.39 is 11.9 Å². The second kappa shape index (κ2) is 7.92. The molecular weight excluding hydrogens is 372 g/mol. The summed E-state index contributed by atoms with van der Waals surface area (Å²) in [5.41, 5.74) is 0.558. The van der Waals surface area contributed by atoms with Crippen LogP contribution in [0.15, 0.2) is 48.7 Å². The number of esters is 1. The minimum atomic E-state index is -0.710. The molecule has 0 aliphatic carbocycles. The number of carbonyl (C=O) groups excluding carboxylic acids is 2. The number of rotatable bonds is 5. The molecule has 0 fully saturated rings. The molecule has 0 atom stereocenters. The Bertz CT molecular complexity index is 1020. The second-order valence-corrected chi connectivity index (χ2v) is 5.88. The molecule has 0 bridgehead atoms. The minimum absolute atomic E-state index is 0.0517. The highest BCUT2D eigenvalue weighted by molar-refractivity contribution is 6.35. The first kappa shape index (κ1) is 18.5. The van der Waals surface area contributed by atoms with E-state index in [4.69, 9.17) is 16.3 Å². The lowest BCUT2D eigenvalue weighted by atomic mass is 10.1. The van der Waals surface area contributed by atoms with Gasteiger partial charge in [0.2, 0.25) is 0 Å². The number of phenols is 1. The average Bonchev–Trinajstić information content (AvgIpc) is 2.69. The molecule has 7 nitrogen and oxygen atoms in total. The summed E-state index contributed by atoms with van der Waals surface area (Å²) in [6, 6.07) is 11.2. The number of nitrogens with zero attached hydrogens (tertiary/aromatic N) is 1. The number of nitrogens with one attached hydrogen (secondary N) is 1. The highest BCUT2D eigenvalue weighted by Crippen LogP contribution is 2.30. The molecule has 0 aliphatic heterocycles. The molecule has 0 saturated heterocycles. The molecule has 0 radical (unpaired) electrons. The number of ether oxygens (including phenoxy) is 2. The van der Waals surface area contributed by atoms with Crippen molar-refractivity contribution >= 4 is 40.1 Å². The van der Waals surface area contributed by atoms with Gasteiger partial charge in [0.15, 0.2) is 12.4 Å². The van der Waals surface area contributed by atoms with Gasteiger partial charge in [0.25, 0.3) is 5.91 Å². The molecule has 0 unspecified atom stereocenters. The standard InChI is InChI=1S/C19H15ClN2O5/c1-26-19(25)12-4-2-6-14(18(12)24)22-16(23)10-27-15-8-7-13(20)11-5-3-9-21-17(11)15/h2-9,24H,10H2,1H3,(H,22,23). The van der Waals surface area contributed by atoms with Gasteiger partial charge in [-0.1, -0.05) is 17.7 Å². The fourth-order valence-electron chi connectivity index (χ4n) is 2.48. The first-order valence-corrected chi connectivity index (χ1v) is 8.25. The summed E-state index contributed by atoms with van der Waals surface area (Å²) >= 11 is 6.13. The molecule has 2 aromatic carbocycles. The minimum Gasteiger partial charge on any atom is -0.505 e. The van der Waals surface area contributed by atoms with Crippen molar-refractivity contribution in [1.29, 1.82) is 0 Å². The van der Waals surface area contributed by atoms with Crippen LogP contribution in [0.2, 0.25) is 5.02 Å². The van der Waals surface area contributed by atoms with E-state index in [1.807, 2.05) is 0 Å². The van der Waals surface area contributed by atoms with Crippen LogP contribution in [0.5, 0.6) is 11.5 Å². The third-order valence-corrected chi connectivity index (χ3v) is 4.08. The maximum Gasteiger partial charge on any atom is 0.341 e. The van der Waals surface area contributed by atoms with Gasteiger partial charge in [0.05, 0.1) is 17.8 Å². The molecule has 8 heteroatoms. The number of aromatic nitrogens is 1. The van der Waals surface area contributed by atoms with Crippen molar-refractivity contribution in [2.45, 2.75) is 0 Å². The Kier molecular flexibility index (Phi) is 5.42. The summed E-state index contributed by atoms with van der Waals surface area (Å²) in [4.78, 5) is 28.0. The van der Waals surface area contributed by atoms with Crippen LogP contribution in [-0.2, 0) is 9.53 Å². The first-order valence-electron chi connectivity index (χ1n) is 7.87. The van der Waals surface area contributed by atoms with Gasteiger partial charge in [0.1, 0.15) is 16.8 Å². The normalized spacial score (nSPS) is 10.4. The summed E-state index contributed by atoms with van der Waals surface area (Å²) in [7, 11) is 1.20. The Hall–Kier alpha value is -3.32. The van der Waals surface area contributed by atoms with E-state index in [1.165, 1.54) is 25.3 Å². The maximum absolute atomic E-state index is 12.2. The van der Waals surface area contributed by atoms with Crippen molar-refractivity contribution in [2.75, 3.05) is 19.0 Å². The number of anilines is 1. The molecule has 0 spiro atoms. The second-order valence-electron chi connectivity index (χ2n) is 5.48. The summed E-state index contributed by atoms with van der Waals surface area (Å²) in [5.74, 6) is -1.21. The van der Waals surface area contributed by atoms with Crippen molar-refractivity contribution in [3.8, 4) is 11.5 Å². The third kappa shape index (κ3) is 3.93. The van der Waals surface area contributed by atoms with Gasteiger partial charge in [-0.25, -0.2) is 4.79 Å². The quantitative estimate of drug-likeness (QED) is 0.515. The lowest BCUT2D eigenvalue weighted by molar-refractivity contribution is -0.118. The predicted molar refractivity (Wildman–Crippen MR) is 100 cm³/mol. The number of pyridine rings is 1. The first-order chi connectivity index (χ1) is 13.0. The Morgan fingerprint density at radius 2 is 2.00 bits per heavy atom. The van der Waals surface area contributed by atoms with Crippen molar-refractivity contribution in [1.82, 2.24) is 4.98 Å². The van der Waals surface area contributed by atoms with Gasteiger partial charge >= 0.3 is 5.97 Å². The molecule has 3 aromatic rings. The molecule has 3 rings (SSSR count). The van der Waals surface area contributed by atoms with Gasteiger partial charge < -0.3 is 19.9 Å². The Balaban J connectivity index is 1.73. The molecule has 138 valence electrons. The Morgan fingerprint density at radius 1 is 1.19 bits per heavy atom. The van der Waals surface area contributed by atoms with Crippen LogP contribution in [0, 0.1) is 0 Å². The summed E-state index contributed by atoms with van der Waals surface area (Å²) in [5, 5.41) is 13.8. The van der Waals surface area contributed by atoms with Crippen molar-refractivity contribution in [3.63, 3.8) is 0 Å². The number of fused-ring (bicyclic) bond motifs is 1. The van der Waals surface area contributed by atoms with Gasteiger partial charge in [0, 0.05) is 11.6 Å². The molecular formula is C19H15ClN2O5. The summed E-state index contributed by atoms with van der Waals surface area (Å²) in [6.07, 6.45) is 1.60. The topological polar surface area (TPSA) is 97.8 Å². The van der Waals surface area contributed by atoms with Crippen molar-refractivity contribution in [2.24, 2.45) is 0 Å². The number of phenolic OH excluding ortho intramolecular Hbond substituents is 1. The Morgan fingerprint density at radius 3 is 2.78 bits per heavy atom. The number of hydrogen-bond donors (Lipinski definition) is 2. The lowest BCUT2D eigenvalue weighted by Crippen LogP contribution is -2.20. The molecule has 0 aliphatic rings. The summed E-state index contributed by atoms with van der Waals surface area (Å²) in [6.45, 7) is -0.324. The number of hydrogen-bond acceptors (Lipinski definition) is 6. The van der Waals surface area contributed by atoms with E-state index in [1.54, 1.807) is 30.5 Å². The smallest absolute Gasteiger partial charge is 0.341 e. The van der Waals surface area contributed by atoms with Crippen LogP contribution in [-0.4, -0.2) is 35.7 Å². The number of halogens is 1. The predicted octanol–water partition coefficient (Wildman–Crippen LogP) is 3.40. The monoisotopic (exact) mass is 386 g/mol.